The van der Waals surface area contributed by atoms with Crippen LogP contribution in [0, 0.1) is 0 Å². The predicted molar refractivity (Wildman–Crippen MR) is 92.4 cm³/mol. The Morgan fingerprint density at radius 1 is 1.04 bits per heavy atom. The number of hydrogen-bond acceptors (Lipinski definition) is 5. The Balaban J connectivity index is 2.29. The largest absolute Gasteiger partial charge is 0.508 e. The summed E-state index contributed by atoms with van der Waals surface area (Å²) in [5, 5.41) is 12.4. The van der Waals surface area contributed by atoms with Crippen LogP contribution in [0.1, 0.15) is 19.4 Å². The molecule has 0 saturated carbocycles. The van der Waals surface area contributed by atoms with Gasteiger partial charge in [0.1, 0.15) is 5.75 Å². The molecule has 5 heteroatoms. The zero-order valence-electron chi connectivity index (χ0n) is 13.5. The van der Waals surface area contributed by atoms with Crippen molar-refractivity contribution in [3.8, 4) is 5.75 Å². The zero-order valence-corrected chi connectivity index (χ0v) is 13.5. The quantitative estimate of drug-likeness (QED) is 0.369. The van der Waals surface area contributed by atoms with Crippen LogP contribution in [0.5, 0.6) is 5.75 Å². The summed E-state index contributed by atoms with van der Waals surface area (Å²) >= 11 is 0. The number of esters is 1. The normalized spacial score (nSPS) is 11.2. The molecule has 0 aliphatic carbocycles. The number of nitrogens with one attached hydrogen (secondary N) is 1. The molecule has 0 spiro atoms. The van der Waals surface area contributed by atoms with E-state index < -0.39 is 11.8 Å². The molecule has 0 aliphatic heterocycles. The minimum absolute atomic E-state index is 0.141. The van der Waals surface area contributed by atoms with Crippen molar-refractivity contribution in [2.45, 2.75) is 20.0 Å². The average Bonchev–Trinajstić information content (AvgIpc) is 2.56. The van der Waals surface area contributed by atoms with Gasteiger partial charge in [-0.2, -0.15) is 0 Å². The first-order chi connectivity index (χ1) is 11.5. The molecule has 0 amide bonds. The lowest BCUT2D eigenvalue weighted by Gasteiger charge is -2.12. The van der Waals surface area contributed by atoms with Gasteiger partial charge in [-0.3, -0.25) is 4.79 Å². The Kier molecular flexibility index (Phi) is 5.73. The number of anilines is 1. The van der Waals surface area contributed by atoms with E-state index in [1.54, 1.807) is 26.0 Å². The summed E-state index contributed by atoms with van der Waals surface area (Å²) < 4.78 is 4.92. The number of ether oxygens (including phenoxy) is 1. The fourth-order valence-electron chi connectivity index (χ4n) is 1.97. The Morgan fingerprint density at radius 2 is 1.67 bits per heavy atom. The van der Waals surface area contributed by atoms with Crippen molar-refractivity contribution in [1.82, 2.24) is 0 Å². The molecule has 2 N–H and O–H groups in total. The first-order valence-corrected chi connectivity index (χ1v) is 7.54. The smallest absolute Gasteiger partial charge is 0.379 e. The van der Waals surface area contributed by atoms with Crippen LogP contribution < -0.4 is 5.32 Å². The summed E-state index contributed by atoms with van der Waals surface area (Å²) in [4.78, 5) is 23.8. The van der Waals surface area contributed by atoms with Gasteiger partial charge in [0.05, 0.1) is 6.10 Å². The second-order valence-corrected chi connectivity index (χ2v) is 5.41. The van der Waals surface area contributed by atoms with Gasteiger partial charge >= 0.3 is 5.97 Å². The van der Waals surface area contributed by atoms with E-state index in [9.17, 15) is 14.7 Å². The topological polar surface area (TPSA) is 75.6 Å². The highest BCUT2D eigenvalue weighted by molar-refractivity contribution is 6.39. The van der Waals surface area contributed by atoms with Crippen LogP contribution in [0.3, 0.4) is 0 Å². The number of phenols is 1. The van der Waals surface area contributed by atoms with Crippen molar-refractivity contribution in [3.05, 3.63) is 66.2 Å². The van der Waals surface area contributed by atoms with Gasteiger partial charge in [-0.25, -0.2) is 4.79 Å². The minimum atomic E-state index is -0.897. The van der Waals surface area contributed by atoms with Crippen molar-refractivity contribution in [2.75, 3.05) is 5.32 Å². The number of rotatable bonds is 6. The van der Waals surface area contributed by atoms with Crippen molar-refractivity contribution >= 4 is 23.1 Å². The van der Waals surface area contributed by atoms with Crippen LogP contribution in [0.4, 0.5) is 5.69 Å². The highest BCUT2D eigenvalue weighted by atomic mass is 16.5. The van der Waals surface area contributed by atoms with E-state index in [0.29, 0.717) is 11.4 Å². The third-order valence-electron chi connectivity index (χ3n) is 3.05. The third-order valence-corrected chi connectivity index (χ3v) is 3.05. The molecular formula is C19H19NO4. The molecule has 2 aromatic carbocycles. The lowest BCUT2D eigenvalue weighted by atomic mass is 10.1. The van der Waals surface area contributed by atoms with Gasteiger partial charge < -0.3 is 15.2 Å². The molecule has 5 nitrogen and oxygen atoms in total. The molecule has 0 saturated heterocycles. The van der Waals surface area contributed by atoms with Crippen LogP contribution >= 0.6 is 0 Å². The summed E-state index contributed by atoms with van der Waals surface area (Å²) in [6.45, 7) is 3.36. The van der Waals surface area contributed by atoms with Crippen molar-refractivity contribution < 1.29 is 19.4 Å². The molecule has 124 valence electrons. The van der Waals surface area contributed by atoms with E-state index in [-0.39, 0.29) is 11.9 Å². The maximum absolute atomic E-state index is 12.1. The van der Waals surface area contributed by atoms with Gasteiger partial charge in [0.2, 0.25) is 0 Å². The van der Waals surface area contributed by atoms with E-state index in [0.717, 1.165) is 5.56 Å². The van der Waals surface area contributed by atoms with Crippen LogP contribution in [-0.2, 0) is 14.3 Å². The summed E-state index contributed by atoms with van der Waals surface area (Å²) in [6.07, 6.45) is 0.854. The number of carbonyl (C=O) groups excluding carboxylic acids is 2. The van der Waals surface area contributed by atoms with Gasteiger partial charge in [0, 0.05) is 17.5 Å². The van der Waals surface area contributed by atoms with Crippen molar-refractivity contribution in [1.29, 1.82) is 0 Å². The maximum atomic E-state index is 12.1. The van der Waals surface area contributed by atoms with Crippen LogP contribution in [0.15, 0.2) is 60.7 Å². The second-order valence-electron chi connectivity index (χ2n) is 5.41. The molecule has 0 fully saturated rings. The molecule has 2 aromatic rings. The van der Waals surface area contributed by atoms with Crippen molar-refractivity contribution in [3.63, 3.8) is 0 Å². The summed E-state index contributed by atoms with van der Waals surface area (Å²) in [7, 11) is 0. The lowest BCUT2D eigenvalue weighted by Crippen LogP contribution is -2.20. The lowest BCUT2D eigenvalue weighted by molar-refractivity contribution is -0.154. The molecule has 0 heterocycles. The van der Waals surface area contributed by atoms with Gasteiger partial charge in [0.25, 0.3) is 5.78 Å². The fourth-order valence-corrected chi connectivity index (χ4v) is 1.97. The first kappa shape index (κ1) is 17.3. The summed E-state index contributed by atoms with van der Waals surface area (Å²) in [5.74, 6) is -1.50. The van der Waals surface area contributed by atoms with Gasteiger partial charge in [-0.1, -0.05) is 30.3 Å². The fraction of sp³-hybridized carbons (Fsp3) is 0.158. The molecule has 0 unspecified atom stereocenters. The molecule has 0 atom stereocenters. The predicted octanol–water partition coefficient (Wildman–Crippen LogP) is 3.37. The van der Waals surface area contributed by atoms with Crippen molar-refractivity contribution in [2.24, 2.45) is 0 Å². The Bertz CT molecular complexity index is 734. The number of carbonyl (C=O) groups is 2. The second kappa shape index (κ2) is 7.97. The third kappa shape index (κ3) is 4.98. The SMILES string of the molecule is CC(C)OC(=O)C(=O)/C=C(/Nc1ccc(O)cc1)c1ccccc1. The highest BCUT2D eigenvalue weighted by Gasteiger charge is 2.16. The van der Waals surface area contributed by atoms with Crippen LogP contribution in [-0.4, -0.2) is 23.0 Å². The molecule has 0 radical (unpaired) electrons. The molecule has 2 rings (SSSR count). The number of hydrogen-bond donors (Lipinski definition) is 2. The van der Waals surface area contributed by atoms with Gasteiger partial charge in [-0.05, 0) is 43.7 Å². The van der Waals surface area contributed by atoms with E-state index in [2.05, 4.69) is 5.32 Å². The van der Waals surface area contributed by atoms with E-state index in [4.69, 9.17) is 4.74 Å². The Labute approximate surface area is 140 Å². The molecule has 0 aliphatic rings. The zero-order chi connectivity index (χ0) is 17.5. The summed E-state index contributed by atoms with van der Waals surface area (Å²) in [6, 6.07) is 15.6. The number of benzene rings is 2. The van der Waals surface area contributed by atoms with E-state index in [1.165, 1.54) is 18.2 Å². The average molecular weight is 325 g/mol. The highest BCUT2D eigenvalue weighted by Crippen LogP contribution is 2.20. The van der Waals surface area contributed by atoms with E-state index in [1.807, 2.05) is 30.3 Å². The Hall–Kier alpha value is -3.08. The monoisotopic (exact) mass is 325 g/mol. The van der Waals surface area contributed by atoms with Gasteiger partial charge in [0.15, 0.2) is 0 Å². The molecule has 24 heavy (non-hydrogen) atoms. The van der Waals surface area contributed by atoms with E-state index >= 15 is 0 Å². The maximum Gasteiger partial charge on any atom is 0.379 e. The number of phenolic OH excluding ortho intramolecular Hbond substituents is 1. The Morgan fingerprint density at radius 3 is 2.25 bits per heavy atom. The first-order valence-electron chi connectivity index (χ1n) is 7.54. The number of aromatic hydroxyl groups is 1. The summed E-state index contributed by atoms with van der Waals surface area (Å²) in [5.41, 5.74) is 1.89. The molecule has 0 bridgehead atoms. The molecular weight excluding hydrogens is 306 g/mol. The standard InChI is InChI=1S/C19H19NO4/c1-13(2)24-19(23)18(22)12-17(14-6-4-3-5-7-14)20-15-8-10-16(21)11-9-15/h3-13,20-21H,1-2H3/b17-12+. The minimum Gasteiger partial charge on any atom is -0.508 e. The molecule has 0 aromatic heterocycles. The van der Waals surface area contributed by atoms with Crippen LogP contribution in [0.2, 0.25) is 0 Å². The number of ketones is 1. The van der Waals surface area contributed by atoms with Crippen LogP contribution in [0.25, 0.3) is 5.70 Å². The van der Waals surface area contributed by atoms with Gasteiger partial charge in [-0.15, -0.1) is 0 Å².